The van der Waals surface area contributed by atoms with Crippen molar-refractivity contribution in [3.63, 3.8) is 0 Å². The van der Waals surface area contributed by atoms with Crippen molar-refractivity contribution < 1.29 is 9.59 Å². The Labute approximate surface area is 116 Å². The number of aromatic amines is 1. The Morgan fingerprint density at radius 1 is 1.25 bits per heavy atom. The molecule has 6 nitrogen and oxygen atoms in total. The van der Waals surface area contributed by atoms with Crippen molar-refractivity contribution >= 4 is 17.5 Å². The van der Waals surface area contributed by atoms with Crippen molar-refractivity contribution in [2.45, 2.75) is 13.8 Å². The average molecular weight is 272 g/mol. The molecular formula is C14H16N4O2. The number of carbonyl (C=O) groups is 2. The van der Waals surface area contributed by atoms with Crippen LogP contribution in [0.5, 0.6) is 0 Å². The van der Waals surface area contributed by atoms with Gasteiger partial charge in [0, 0.05) is 24.0 Å². The predicted molar refractivity (Wildman–Crippen MR) is 75.7 cm³/mol. The summed E-state index contributed by atoms with van der Waals surface area (Å²) in [6, 6.07) is 5.20. The van der Waals surface area contributed by atoms with Gasteiger partial charge in [-0.3, -0.25) is 14.7 Å². The molecule has 1 aromatic heterocycles. The number of nitrogens with one attached hydrogen (secondary N) is 3. The minimum atomic E-state index is -0.269. The van der Waals surface area contributed by atoms with Gasteiger partial charge in [-0.15, -0.1) is 0 Å². The fraction of sp³-hybridized carbons (Fsp3) is 0.214. The van der Waals surface area contributed by atoms with E-state index in [1.54, 1.807) is 18.2 Å². The quantitative estimate of drug-likeness (QED) is 0.792. The number of rotatable bonds is 4. The van der Waals surface area contributed by atoms with Crippen molar-refractivity contribution in [1.29, 1.82) is 0 Å². The molecule has 0 radical (unpaired) electrons. The Balaban J connectivity index is 2.21. The van der Waals surface area contributed by atoms with Crippen LogP contribution in [0, 0.1) is 6.92 Å². The van der Waals surface area contributed by atoms with E-state index in [4.69, 9.17) is 0 Å². The largest absolute Gasteiger partial charge is 0.352 e. The van der Waals surface area contributed by atoms with E-state index in [2.05, 4.69) is 20.8 Å². The molecule has 0 saturated heterocycles. The zero-order valence-electron chi connectivity index (χ0n) is 11.4. The molecule has 0 aliphatic carbocycles. The van der Waals surface area contributed by atoms with Gasteiger partial charge in [0.05, 0.1) is 11.8 Å². The first-order chi connectivity index (χ1) is 9.61. The van der Waals surface area contributed by atoms with E-state index in [1.807, 2.05) is 13.8 Å². The van der Waals surface area contributed by atoms with E-state index in [0.29, 0.717) is 23.4 Å². The molecular weight excluding hydrogens is 256 g/mol. The first kappa shape index (κ1) is 13.8. The average Bonchev–Trinajstić information content (AvgIpc) is 2.95. The summed E-state index contributed by atoms with van der Waals surface area (Å²) in [5.41, 5.74) is 2.45. The summed E-state index contributed by atoms with van der Waals surface area (Å²) < 4.78 is 0. The summed E-state index contributed by atoms with van der Waals surface area (Å²) in [6.45, 7) is 4.28. The standard InChI is InChI=1S/C14H16N4O2/c1-3-15-13(19)10-5-4-9(2)12(6-10)18-14(20)11-7-16-17-8-11/h4-8H,3H2,1-2H3,(H,15,19)(H,16,17)(H,18,20). The maximum absolute atomic E-state index is 12.0. The number of carbonyl (C=O) groups excluding carboxylic acids is 2. The fourth-order valence-corrected chi connectivity index (χ4v) is 1.73. The van der Waals surface area contributed by atoms with Gasteiger partial charge in [0.1, 0.15) is 0 Å². The summed E-state index contributed by atoms with van der Waals surface area (Å²) in [7, 11) is 0. The maximum atomic E-state index is 12.0. The van der Waals surface area contributed by atoms with Crippen molar-refractivity contribution in [3.05, 3.63) is 47.3 Å². The van der Waals surface area contributed by atoms with Crippen LogP contribution in [-0.4, -0.2) is 28.6 Å². The molecule has 0 bridgehead atoms. The highest BCUT2D eigenvalue weighted by Crippen LogP contribution is 2.18. The van der Waals surface area contributed by atoms with Gasteiger partial charge in [0.15, 0.2) is 0 Å². The molecule has 0 spiro atoms. The molecule has 2 aromatic rings. The third-order valence-corrected chi connectivity index (χ3v) is 2.85. The van der Waals surface area contributed by atoms with Crippen molar-refractivity contribution in [1.82, 2.24) is 15.5 Å². The Morgan fingerprint density at radius 3 is 2.70 bits per heavy atom. The predicted octanol–water partition coefficient (Wildman–Crippen LogP) is 1.72. The molecule has 0 fully saturated rings. The van der Waals surface area contributed by atoms with E-state index in [0.717, 1.165) is 5.56 Å². The second kappa shape index (κ2) is 6.01. The number of aryl methyl sites for hydroxylation is 1. The third-order valence-electron chi connectivity index (χ3n) is 2.85. The number of benzene rings is 1. The molecule has 6 heteroatoms. The second-order valence-electron chi connectivity index (χ2n) is 4.33. The van der Waals surface area contributed by atoms with E-state index in [9.17, 15) is 9.59 Å². The van der Waals surface area contributed by atoms with Gasteiger partial charge >= 0.3 is 0 Å². The lowest BCUT2D eigenvalue weighted by molar-refractivity contribution is 0.0954. The lowest BCUT2D eigenvalue weighted by Crippen LogP contribution is -2.23. The number of hydrogen-bond acceptors (Lipinski definition) is 3. The van der Waals surface area contributed by atoms with Crippen LogP contribution in [-0.2, 0) is 0 Å². The van der Waals surface area contributed by atoms with Crippen LogP contribution in [0.1, 0.15) is 33.2 Å². The van der Waals surface area contributed by atoms with E-state index in [-0.39, 0.29) is 11.8 Å². The minimum absolute atomic E-state index is 0.161. The molecule has 2 amide bonds. The number of aromatic nitrogens is 2. The van der Waals surface area contributed by atoms with Crippen molar-refractivity contribution in [3.8, 4) is 0 Å². The van der Waals surface area contributed by atoms with E-state index >= 15 is 0 Å². The molecule has 2 rings (SSSR count). The zero-order valence-corrected chi connectivity index (χ0v) is 11.4. The Kier molecular flexibility index (Phi) is 4.14. The molecule has 0 saturated carbocycles. The summed E-state index contributed by atoms with van der Waals surface area (Å²) >= 11 is 0. The van der Waals surface area contributed by atoms with E-state index in [1.165, 1.54) is 12.4 Å². The highest BCUT2D eigenvalue weighted by molar-refractivity contribution is 6.05. The van der Waals surface area contributed by atoms with Crippen LogP contribution in [0.25, 0.3) is 0 Å². The molecule has 0 aliphatic rings. The molecule has 0 unspecified atom stereocenters. The summed E-state index contributed by atoms with van der Waals surface area (Å²) in [5, 5.41) is 11.8. The monoisotopic (exact) mass is 272 g/mol. The van der Waals surface area contributed by atoms with Gasteiger partial charge in [-0.25, -0.2) is 0 Å². The minimum Gasteiger partial charge on any atom is -0.352 e. The number of amides is 2. The SMILES string of the molecule is CCNC(=O)c1ccc(C)c(NC(=O)c2cn[nH]c2)c1. The van der Waals surface area contributed by atoms with Crippen LogP contribution >= 0.6 is 0 Å². The van der Waals surface area contributed by atoms with Crippen LogP contribution in [0.2, 0.25) is 0 Å². The Hall–Kier alpha value is -2.63. The number of anilines is 1. The van der Waals surface area contributed by atoms with E-state index < -0.39 is 0 Å². The first-order valence-corrected chi connectivity index (χ1v) is 6.30. The summed E-state index contributed by atoms with van der Waals surface area (Å²) in [4.78, 5) is 23.7. The molecule has 1 heterocycles. The van der Waals surface area contributed by atoms with Gasteiger partial charge < -0.3 is 10.6 Å². The first-order valence-electron chi connectivity index (χ1n) is 6.30. The lowest BCUT2D eigenvalue weighted by atomic mass is 10.1. The van der Waals surface area contributed by atoms with Crippen LogP contribution < -0.4 is 10.6 Å². The Morgan fingerprint density at radius 2 is 2.05 bits per heavy atom. The van der Waals surface area contributed by atoms with Crippen molar-refractivity contribution in [2.75, 3.05) is 11.9 Å². The van der Waals surface area contributed by atoms with Gasteiger partial charge in [0.2, 0.25) is 0 Å². The van der Waals surface area contributed by atoms with Gasteiger partial charge in [-0.1, -0.05) is 6.07 Å². The molecule has 0 aliphatic heterocycles. The zero-order chi connectivity index (χ0) is 14.5. The van der Waals surface area contributed by atoms with Crippen LogP contribution in [0.4, 0.5) is 5.69 Å². The Bertz CT molecular complexity index is 620. The highest BCUT2D eigenvalue weighted by Gasteiger charge is 2.11. The van der Waals surface area contributed by atoms with Gasteiger partial charge in [0.25, 0.3) is 11.8 Å². The molecule has 1 aromatic carbocycles. The van der Waals surface area contributed by atoms with Crippen molar-refractivity contribution in [2.24, 2.45) is 0 Å². The smallest absolute Gasteiger partial charge is 0.258 e. The highest BCUT2D eigenvalue weighted by atomic mass is 16.2. The number of H-pyrrole nitrogens is 1. The summed E-state index contributed by atoms with van der Waals surface area (Å²) in [5.74, 6) is -0.429. The molecule has 0 atom stereocenters. The topological polar surface area (TPSA) is 86.9 Å². The van der Waals surface area contributed by atoms with Gasteiger partial charge in [-0.05, 0) is 31.5 Å². The number of hydrogen-bond donors (Lipinski definition) is 3. The van der Waals surface area contributed by atoms with Crippen LogP contribution in [0.15, 0.2) is 30.6 Å². The molecule has 104 valence electrons. The number of nitrogens with zero attached hydrogens (tertiary/aromatic N) is 1. The molecule has 20 heavy (non-hydrogen) atoms. The lowest BCUT2D eigenvalue weighted by Gasteiger charge is -2.10. The van der Waals surface area contributed by atoms with Gasteiger partial charge in [-0.2, -0.15) is 5.10 Å². The van der Waals surface area contributed by atoms with Crippen LogP contribution in [0.3, 0.4) is 0 Å². The normalized spacial score (nSPS) is 10.1. The fourth-order valence-electron chi connectivity index (χ4n) is 1.73. The maximum Gasteiger partial charge on any atom is 0.258 e. The second-order valence-corrected chi connectivity index (χ2v) is 4.33. The molecule has 3 N–H and O–H groups in total. The summed E-state index contributed by atoms with van der Waals surface area (Å²) in [6.07, 6.45) is 2.95. The third kappa shape index (κ3) is 3.03.